The Labute approximate surface area is 112 Å². The van der Waals surface area contributed by atoms with E-state index in [4.69, 9.17) is 4.74 Å². The molecule has 4 nitrogen and oxygen atoms in total. The summed E-state index contributed by atoms with van der Waals surface area (Å²) in [5, 5.41) is 0. The highest BCUT2D eigenvalue weighted by Crippen LogP contribution is 2.34. The average Bonchev–Trinajstić information content (AvgIpc) is 2.36. The zero-order valence-electron chi connectivity index (χ0n) is 10.7. The standard InChI is InChI=1S/C13H17FO4S/c1-19(15,16)18-12-7-11(13(12)14)9-17-8-10-5-3-2-4-6-10/h2-6,11-13H,7-9H2,1H3/t11-,12+,13-/m0/s1. The SMILES string of the molecule is CS(=O)(=O)O[C@@H]1C[C@@H](COCc2ccccc2)[C@@H]1F. The Morgan fingerprint density at radius 2 is 2.00 bits per heavy atom. The van der Waals surface area contributed by atoms with E-state index in [2.05, 4.69) is 4.18 Å². The molecule has 1 saturated carbocycles. The fourth-order valence-corrected chi connectivity index (χ4v) is 2.68. The van der Waals surface area contributed by atoms with Crippen LogP contribution in [-0.2, 0) is 25.6 Å². The van der Waals surface area contributed by atoms with Crippen LogP contribution in [0.3, 0.4) is 0 Å². The topological polar surface area (TPSA) is 52.6 Å². The number of ether oxygens (including phenoxy) is 1. The molecule has 0 N–H and O–H groups in total. The third-order valence-corrected chi connectivity index (χ3v) is 3.68. The predicted molar refractivity (Wildman–Crippen MR) is 68.8 cm³/mol. The Morgan fingerprint density at radius 3 is 2.58 bits per heavy atom. The first-order chi connectivity index (χ1) is 8.96. The summed E-state index contributed by atoms with van der Waals surface area (Å²) in [6.07, 6.45) is -0.812. The fourth-order valence-electron chi connectivity index (χ4n) is 2.05. The molecule has 2 rings (SSSR count). The maximum Gasteiger partial charge on any atom is 0.264 e. The van der Waals surface area contributed by atoms with Crippen LogP contribution in [0.5, 0.6) is 0 Å². The third kappa shape index (κ3) is 4.26. The second-order valence-electron chi connectivity index (χ2n) is 4.78. The Kier molecular flexibility index (Phi) is 4.54. The van der Waals surface area contributed by atoms with E-state index in [1.54, 1.807) is 0 Å². The summed E-state index contributed by atoms with van der Waals surface area (Å²) in [5.74, 6) is -0.282. The van der Waals surface area contributed by atoms with Crippen molar-refractivity contribution in [3.05, 3.63) is 35.9 Å². The quantitative estimate of drug-likeness (QED) is 0.750. The fraction of sp³-hybridized carbons (Fsp3) is 0.538. The smallest absolute Gasteiger partial charge is 0.264 e. The lowest BCUT2D eigenvalue weighted by molar-refractivity contribution is -0.0720. The molecule has 1 aliphatic carbocycles. The maximum absolute atomic E-state index is 13.6. The molecule has 1 aliphatic rings. The third-order valence-electron chi connectivity index (χ3n) is 3.08. The van der Waals surface area contributed by atoms with Gasteiger partial charge in [-0.15, -0.1) is 0 Å². The van der Waals surface area contributed by atoms with Gasteiger partial charge in [-0.05, 0) is 12.0 Å². The minimum absolute atomic E-state index is 0.277. The summed E-state index contributed by atoms with van der Waals surface area (Å²) < 4.78 is 45.4. The van der Waals surface area contributed by atoms with E-state index in [-0.39, 0.29) is 12.5 Å². The van der Waals surface area contributed by atoms with Crippen molar-refractivity contribution in [2.24, 2.45) is 5.92 Å². The molecule has 0 heterocycles. The van der Waals surface area contributed by atoms with Crippen molar-refractivity contribution < 1.29 is 21.7 Å². The van der Waals surface area contributed by atoms with Crippen LogP contribution in [0.1, 0.15) is 12.0 Å². The van der Waals surface area contributed by atoms with Gasteiger partial charge >= 0.3 is 0 Å². The Morgan fingerprint density at radius 1 is 1.32 bits per heavy atom. The van der Waals surface area contributed by atoms with Crippen LogP contribution >= 0.6 is 0 Å². The highest BCUT2D eigenvalue weighted by Gasteiger charge is 2.44. The molecule has 0 radical (unpaired) electrons. The van der Waals surface area contributed by atoms with Crippen LogP contribution in [-0.4, -0.2) is 33.6 Å². The summed E-state index contributed by atoms with van der Waals surface area (Å²) in [6.45, 7) is 0.710. The predicted octanol–water partition coefficient (Wildman–Crippen LogP) is 1.91. The molecule has 1 fully saturated rings. The van der Waals surface area contributed by atoms with Crippen LogP contribution in [0, 0.1) is 5.92 Å². The molecule has 1 aromatic rings. The maximum atomic E-state index is 13.6. The second-order valence-corrected chi connectivity index (χ2v) is 6.38. The van der Waals surface area contributed by atoms with Crippen molar-refractivity contribution in [1.82, 2.24) is 0 Å². The average molecular weight is 288 g/mol. The van der Waals surface area contributed by atoms with Gasteiger partial charge in [-0.3, -0.25) is 4.18 Å². The van der Waals surface area contributed by atoms with Gasteiger partial charge in [0.1, 0.15) is 12.3 Å². The summed E-state index contributed by atoms with van der Waals surface area (Å²) >= 11 is 0. The van der Waals surface area contributed by atoms with Gasteiger partial charge in [-0.1, -0.05) is 30.3 Å². The van der Waals surface area contributed by atoms with E-state index >= 15 is 0 Å². The molecule has 0 bridgehead atoms. The van der Waals surface area contributed by atoms with Gasteiger partial charge in [0.05, 0.1) is 19.5 Å². The first kappa shape index (κ1) is 14.4. The molecule has 0 aliphatic heterocycles. The highest BCUT2D eigenvalue weighted by molar-refractivity contribution is 7.86. The van der Waals surface area contributed by atoms with Gasteiger partial charge in [0.2, 0.25) is 0 Å². The van der Waals surface area contributed by atoms with Crippen molar-refractivity contribution in [2.75, 3.05) is 12.9 Å². The molecule has 6 heteroatoms. The van der Waals surface area contributed by atoms with Gasteiger partial charge in [0.25, 0.3) is 10.1 Å². The molecule has 0 saturated heterocycles. The Bertz CT molecular complexity index is 503. The molecular formula is C13H17FO4S. The van der Waals surface area contributed by atoms with Crippen molar-refractivity contribution in [3.63, 3.8) is 0 Å². The van der Waals surface area contributed by atoms with E-state index < -0.39 is 22.4 Å². The van der Waals surface area contributed by atoms with Crippen LogP contribution in [0.25, 0.3) is 0 Å². The summed E-state index contributed by atoms with van der Waals surface area (Å²) in [4.78, 5) is 0. The monoisotopic (exact) mass is 288 g/mol. The summed E-state index contributed by atoms with van der Waals surface area (Å²) in [7, 11) is -3.58. The zero-order valence-corrected chi connectivity index (χ0v) is 11.5. The van der Waals surface area contributed by atoms with E-state index in [0.29, 0.717) is 13.0 Å². The number of alkyl halides is 1. The molecule has 0 unspecified atom stereocenters. The highest BCUT2D eigenvalue weighted by atomic mass is 32.2. The second kappa shape index (κ2) is 5.98. The Balaban J connectivity index is 1.69. The van der Waals surface area contributed by atoms with Crippen molar-refractivity contribution in [2.45, 2.75) is 25.3 Å². The van der Waals surface area contributed by atoms with Crippen molar-refractivity contribution >= 4 is 10.1 Å². The van der Waals surface area contributed by atoms with E-state index in [9.17, 15) is 12.8 Å². The van der Waals surface area contributed by atoms with E-state index in [0.717, 1.165) is 11.8 Å². The van der Waals surface area contributed by atoms with Crippen LogP contribution in [0.2, 0.25) is 0 Å². The minimum Gasteiger partial charge on any atom is -0.376 e. The first-order valence-electron chi connectivity index (χ1n) is 6.10. The largest absolute Gasteiger partial charge is 0.376 e. The first-order valence-corrected chi connectivity index (χ1v) is 7.91. The molecular weight excluding hydrogens is 271 g/mol. The molecule has 0 amide bonds. The lowest BCUT2D eigenvalue weighted by Crippen LogP contribution is -2.48. The lowest BCUT2D eigenvalue weighted by Gasteiger charge is -2.37. The van der Waals surface area contributed by atoms with Crippen LogP contribution in [0.4, 0.5) is 4.39 Å². The van der Waals surface area contributed by atoms with Gasteiger partial charge in [-0.25, -0.2) is 4.39 Å². The molecule has 0 spiro atoms. The lowest BCUT2D eigenvalue weighted by atomic mass is 9.81. The molecule has 0 aromatic heterocycles. The van der Waals surface area contributed by atoms with Gasteiger partial charge in [-0.2, -0.15) is 8.42 Å². The molecule has 106 valence electrons. The normalized spacial score (nSPS) is 26.9. The summed E-state index contributed by atoms with van der Waals surface area (Å²) in [6, 6.07) is 9.61. The van der Waals surface area contributed by atoms with Gasteiger partial charge in [0, 0.05) is 5.92 Å². The Hall–Kier alpha value is -0.980. The van der Waals surface area contributed by atoms with Crippen molar-refractivity contribution in [1.29, 1.82) is 0 Å². The zero-order chi connectivity index (χ0) is 13.9. The number of hydrogen-bond donors (Lipinski definition) is 0. The number of benzene rings is 1. The van der Waals surface area contributed by atoms with Crippen LogP contribution < -0.4 is 0 Å². The van der Waals surface area contributed by atoms with Gasteiger partial charge < -0.3 is 4.74 Å². The van der Waals surface area contributed by atoms with E-state index in [1.807, 2.05) is 30.3 Å². The molecule has 19 heavy (non-hydrogen) atoms. The van der Waals surface area contributed by atoms with Crippen molar-refractivity contribution in [3.8, 4) is 0 Å². The van der Waals surface area contributed by atoms with Crippen LogP contribution in [0.15, 0.2) is 30.3 Å². The summed E-state index contributed by atoms with van der Waals surface area (Å²) in [5.41, 5.74) is 1.03. The minimum atomic E-state index is -3.58. The number of halogens is 1. The molecule has 1 aromatic carbocycles. The molecule has 3 atom stereocenters. The van der Waals surface area contributed by atoms with E-state index in [1.165, 1.54) is 0 Å². The van der Waals surface area contributed by atoms with Gasteiger partial charge in [0.15, 0.2) is 0 Å². The number of hydrogen-bond acceptors (Lipinski definition) is 4. The number of rotatable bonds is 6.